The number of urea groups is 2. The van der Waals surface area contributed by atoms with E-state index >= 15 is 0 Å². The summed E-state index contributed by atoms with van der Waals surface area (Å²) in [4.78, 5) is 25.3. The highest BCUT2D eigenvalue weighted by Crippen LogP contribution is 2.38. The van der Waals surface area contributed by atoms with E-state index in [0.717, 1.165) is 11.1 Å². The fraction of sp³-hybridized carbons (Fsp3) is 0.231. The number of carbonyl (C=O) groups excluding carboxylic acids is 2. The molecule has 40 heavy (non-hydrogen) atoms. The molecule has 14 heteroatoms. The Morgan fingerprint density at radius 1 is 0.625 bits per heavy atom. The van der Waals surface area contributed by atoms with Gasteiger partial charge in [-0.15, -0.1) is 0 Å². The van der Waals surface area contributed by atoms with E-state index in [0.29, 0.717) is 11.4 Å². The molecule has 0 unspecified atom stereocenters. The van der Waals surface area contributed by atoms with E-state index in [4.69, 9.17) is 79.1 Å². The fourth-order valence-electron chi connectivity index (χ4n) is 3.27. The minimum absolute atomic E-state index is 0.00910. The fourth-order valence-corrected chi connectivity index (χ4v) is 3.87. The summed E-state index contributed by atoms with van der Waals surface area (Å²) in [6.45, 7) is 3.75. The van der Waals surface area contributed by atoms with E-state index in [2.05, 4.69) is 21.3 Å². The maximum Gasteiger partial charge on any atom is 0.322 e. The van der Waals surface area contributed by atoms with Crippen molar-refractivity contribution >= 4 is 93.0 Å². The van der Waals surface area contributed by atoms with Gasteiger partial charge in [0, 0.05) is 11.4 Å². The molecule has 214 valence electrons. The van der Waals surface area contributed by atoms with Crippen LogP contribution in [0, 0.1) is 13.8 Å². The normalized spacial score (nSPS) is 13.0. The van der Waals surface area contributed by atoms with Gasteiger partial charge in [0.05, 0.1) is 0 Å². The minimum Gasteiger partial charge on any atom is -0.462 e. The van der Waals surface area contributed by atoms with Gasteiger partial charge in [-0.05, 0) is 61.4 Å². The molecule has 3 aromatic rings. The average molecular weight is 669 g/mol. The molecule has 0 heterocycles. The smallest absolute Gasteiger partial charge is 0.322 e. The van der Waals surface area contributed by atoms with Gasteiger partial charge in [0.1, 0.15) is 0 Å². The Morgan fingerprint density at radius 3 is 1.32 bits per heavy atom. The van der Waals surface area contributed by atoms with Crippen LogP contribution in [0.2, 0.25) is 0 Å². The second kappa shape index (κ2) is 13.9. The zero-order valence-electron chi connectivity index (χ0n) is 21.0. The number of nitrogens with one attached hydrogen (secondary N) is 4. The van der Waals surface area contributed by atoms with Crippen molar-refractivity contribution in [3.05, 3.63) is 83.9 Å². The summed E-state index contributed by atoms with van der Waals surface area (Å²) in [6.07, 6.45) is -2.98. The number of amides is 4. The van der Waals surface area contributed by atoms with Crippen LogP contribution in [0.3, 0.4) is 0 Å². The lowest BCUT2D eigenvalue weighted by Gasteiger charge is -2.29. The van der Waals surface area contributed by atoms with E-state index in [-0.39, 0.29) is 11.5 Å². The maximum atomic E-state index is 12.6. The Hall–Kier alpha value is -2.46. The molecule has 0 spiro atoms. The predicted octanol–water partition coefficient (Wildman–Crippen LogP) is 8.10. The standard InChI is InChI=1S/C26H24Cl6N4O4/c1-15-7-5-9-17(13-15)33-23(37)35-21(25(27,28)29)39-19-11-3-4-12-20(19)40-22(26(30,31)32)36-24(38)34-18-10-6-8-16(2)14-18/h3-14,21-22H,1-2H3,(H2,33,35,37)(H2,34,36,38)/t21-,22-/m1/s1. The van der Waals surface area contributed by atoms with E-state index in [1.165, 1.54) is 12.1 Å². The molecule has 3 rings (SSSR count). The molecule has 0 fully saturated rings. The monoisotopic (exact) mass is 666 g/mol. The number of hydrogen-bond donors (Lipinski definition) is 4. The lowest BCUT2D eigenvalue weighted by Crippen LogP contribution is -2.50. The van der Waals surface area contributed by atoms with Crippen molar-refractivity contribution in [2.45, 2.75) is 33.9 Å². The number of carbonyl (C=O) groups is 2. The van der Waals surface area contributed by atoms with Crippen LogP contribution in [-0.2, 0) is 0 Å². The van der Waals surface area contributed by atoms with Gasteiger partial charge in [-0.1, -0.05) is 106 Å². The molecule has 0 aromatic heterocycles. The number of alkyl halides is 6. The van der Waals surface area contributed by atoms with Crippen LogP contribution in [-0.4, -0.2) is 32.1 Å². The van der Waals surface area contributed by atoms with Gasteiger partial charge >= 0.3 is 12.1 Å². The van der Waals surface area contributed by atoms with Crippen LogP contribution >= 0.6 is 69.6 Å². The van der Waals surface area contributed by atoms with Crippen LogP contribution in [0.25, 0.3) is 0 Å². The van der Waals surface area contributed by atoms with Crippen molar-refractivity contribution in [3.63, 3.8) is 0 Å². The summed E-state index contributed by atoms with van der Waals surface area (Å²) in [5.41, 5.74) is 2.90. The molecule has 3 aromatic carbocycles. The van der Waals surface area contributed by atoms with Crippen molar-refractivity contribution in [2.24, 2.45) is 0 Å². The summed E-state index contributed by atoms with van der Waals surface area (Å²) in [5, 5.41) is 10.2. The number of halogens is 6. The first-order chi connectivity index (χ1) is 18.7. The molecular formula is C26H24Cl6N4O4. The second-order valence-corrected chi connectivity index (χ2v) is 13.2. The summed E-state index contributed by atoms with van der Waals surface area (Å²) < 4.78 is 7.41. The van der Waals surface area contributed by atoms with Crippen molar-refractivity contribution in [3.8, 4) is 11.5 Å². The Labute approximate surface area is 261 Å². The van der Waals surface area contributed by atoms with Crippen LogP contribution in [0.15, 0.2) is 72.8 Å². The number of anilines is 2. The maximum absolute atomic E-state index is 12.6. The topological polar surface area (TPSA) is 101 Å². The first-order valence-corrected chi connectivity index (χ1v) is 13.8. The highest BCUT2D eigenvalue weighted by atomic mass is 35.6. The predicted molar refractivity (Wildman–Crippen MR) is 163 cm³/mol. The number of rotatable bonds is 8. The molecule has 8 nitrogen and oxygen atoms in total. The Balaban J connectivity index is 1.76. The van der Waals surface area contributed by atoms with Gasteiger partial charge < -0.3 is 20.1 Å². The van der Waals surface area contributed by atoms with Gasteiger partial charge in [-0.25, -0.2) is 9.59 Å². The van der Waals surface area contributed by atoms with Crippen LogP contribution in [0.4, 0.5) is 21.0 Å². The van der Waals surface area contributed by atoms with Gasteiger partial charge in [0.15, 0.2) is 11.5 Å². The number of ether oxygens (including phenoxy) is 2. The van der Waals surface area contributed by atoms with E-state index in [1.807, 2.05) is 26.0 Å². The Bertz CT molecular complexity index is 1230. The Morgan fingerprint density at radius 2 is 1.00 bits per heavy atom. The first-order valence-electron chi connectivity index (χ1n) is 11.5. The molecule has 0 aliphatic carbocycles. The molecular weight excluding hydrogens is 645 g/mol. The molecule has 0 aliphatic rings. The van der Waals surface area contributed by atoms with Crippen LogP contribution in [0.5, 0.6) is 11.5 Å². The van der Waals surface area contributed by atoms with E-state index in [9.17, 15) is 9.59 Å². The summed E-state index contributed by atoms with van der Waals surface area (Å²) >= 11 is 36.6. The second-order valence-electron chi connectivity index (χ2n) is 8.46. The van der Waals surface area contributed by atoms with Gasteiger partial charge in [-0.3, -0.25) is 10.6 Å². The van der Waals surface area contributed by atoms with Crippen LogP contribution in [0.1, 0.15) is 11.1 Å². The quantitative estimate of drug-likeness (QED) is 0.144. The lowest BCUT2D eigenvalue weighted by atomic mass is 10.2. The summed E-state index contributed by atoms with van der Waals surface area (Å²) in [5.74, 6) is 0.0182. The molecule has 0 bridgehead atoms. The number of benzene rings is 3. The SMILES string of the molecule is Cc1cccc(NC(=O)N[C@H](Oc2ccccc2O[C@@H](NC(=O)Nc2cccc(C)c2)C(Cl)(Cl)Cl)C(Cl)(Cl)Cl)c1. The third-order valence-corrected chi connectivity index (χ3v) is 6.20. The molecule has 0 saturated carbocycles. The van der Waals surface area contributed by atoms with Crippen molar-refractivity contribution in [1.82, 2.24) is 10.6 Å². The van der Waals surface area contributed by atoms with Crippen molar-refractivity contribution in [2.75, 3.05) is 10.6 Å². The average Bonchev–Trinajstić information content (AvgIpc) is 2.83. The number of aryl methyl sites for hydroxylation is 2. The first kappa shape index (κ1) is 32.1. The Kier molecular flexibility index (Phi) is 11.2. The number of hydrogen-bond acceptors (Lipinski definition) is 4. The zero-order valence-corrected chi connectivity index (χ0v) is 25.5. The van der Waals surface area contributed by atoms with Gasteiger partial charge in [-0.2, -0.15) is 0 Å². The highest BCUT2D eigenvalue weighted by Gasteiger charge is 2.39. The molecule has 2 atom stereocenters. The third-order valence-electron chi connectivity index (χ3n) is 5.01. The largest absolute Gasteiger partial charge is 0.462 e. The zero-order chi connectivity index (χ0) is 29.5. The third kappa shape index (κ3) is 10.2. The highest BCUT2D eigenvalue weighted by molar-refractivity contribution is 6.68. The molecule has 0 radical (unpaired) electrons. The number of para-hydroxylation sites is 2. The minimum atomic E-state index is -2.11. The van der Waals surface area contributed by atoms with E-state index < -0.39 is 32.1 Å². The van der Waals surface area contributed by atoms with Crippen molar-refractivity contribution < 1.29 is 19.1 Å². The van der Waals surface area contributed by atoms with Gasteiger partial charge in [0.2, 0.25) is 20.0 Å². The summed E-state index contributed by atoms with van der Waals surface area (Å²) in [6, 6.07) is 19.0. The van der Waals surface area contributed by atoms with Gasteiger partial charge in [0.25, 0.3) is 0 Å². The molecule has 4 amide bonds. The van der Waals surface area contributed by atoms with E-state index in [1.54, 1.807) is 48.5 Å². The lowest BCUT2D eigenvalue weighted by molar-refractivity contribution is 0.140. The van der Waals surface area contributed by atoms with Crippen molar-refractivity contribution in [1.29, 1.82) is 0 Å². The summed E-state index contributed by atoms with van der Waals surface area (Å²) in [7, 11) is 0. The molecule has 4 N–H and O–H groups in total. The van der Waals surface area contributed by atoms with Crippen LogP contribution < -0.4 is 30.7 Å². The molecule has 0 saturated heterocycles. The molecule has 0 aliphatic heterocycles.